The van der Waals surface area contributed by atoms with Crippen LogP contribution < -0.4 is 5.73 Å². The SMILES string of the molecule is CCCN1CCN(Cc2ccc(/C(N)=N/O)cc2)CC1. The smallest absolute Gasteiger partial charge is 0.170 e. The van der Waals surface area contributed by atoms with Crippen LogP contribution >= 0.6 is 0 Å². The quantitative estimate of drug-likeness (QED) is 0.368. The molecule has 0 unspecified atom stereocenters. The van der Waals surface area contributed by atoms with E-state index < -0.39 is 0 Å². The van der Waals surface area contributed by atoms with E-state index >= 15 is 0 Å². The van der Waals surface area contributed by atoms with Crippen LogP contribution in [0.25, 0.3) is 0 Å². The van der Waals surface area contributed by atoms with Crippen LogP contribution in [0.4, 0.5) is 0 Å². The molecule has 5 nitrogen and oxygen atoms in total. The zero-order valence-electron chi connectivity index (χ0n) is 12.1. The monoisotopic (exact) mass is 276 g/mol. The summed E-state index contributed by atoms with van der Waals surface area (Å²) in [5, 5.41) is 11.6. The van der Waals surface area contributed by atoms with Gasteiger partial charge >= 0.3 is 0 Å². The Balaban J connectivity index is 1.85. The molecule has 0 atom stereocenters. The summed E-state index contributed by atoms with van der Waals surface area (Å²) in [5.41, 5.74) is 7.58. The van der Waals surface area contributed by atoms with E-state index in [1.165, 1.54) is 18.5 Å². The summed E-state index contributed by atoms with van der Waals surface area (Å²) in [6, 6.07) is 7.90. The third-order valence-electron chi connectivity index (χ3n) is 3.77. The predicted octanol–water partition coefficient (Wildman–Crippen LogP) is 1.31. The van der Waals surface area contributed by atoms with Gasteiger partial charge < -0.3 is 15.8 Å². The molecular formula is C15H24N4O. The van der Waals surface area contributed by atoms with Crippen LogP contribution in [-0.4, -0.2) is 53.6 Å². The number of oxime groups is 1. The highest BCUT2D eigenvalue weighted by molar-refractivity contribution is 5.96. The highest BCUT2D eigenvalue weighted by Gasteiger charge is 2.15. The van der Waals surface area contributed by atoms with E-state index in [0.717, 1.165) is 38.3 Å². The molecule has 0 aromatic heterocycles. The summed E-state index contributed by atoms with van der Waals surface area (Å²) < 4.78 is 0. The van der Waals surface area contributed by atoms with Crippen LogP contribution in [0.3, 0.4) is 0 Å². The normalized spacial score (nSPS) is 18.4. The Labute approximate surface area is 120 Å². The second-order valence-corrected chi connectivity index (χ2v) is 5.30. The molecule has 1 heterocycles. The fraction of sp³-hybridized carbons (Fsp3) is 0.533. The Kier molecular flexibility index (Phi) is 5.38. The average Bonchev–Trinajstić information content (AvgIpc) is 2.49. The highest BCUT2D eigenvalue weighted by atomic mass is 16.4. The van der Waals surface area contributed by atoms with Gasteiger partial charge in [0.25, 0.3) is 0 Å². The highest BCUT2D eigenvalue weighted by Crippen LogP contribution is 2.10. The lowest BCUT2D eigenvalue weighted by molar-refractivity contribution is 0.127. The minimum atomic E-state index is 0.157. The van der Waals surface area contributed by atoms with Crippen molar-refractivity contribution >= 4 is 5.84 Å². The van der Waals surface area contributed by atoms with Crippen molar-refractivity contribution in [2.45, 2.75) is 19.9 Å². The fourth-order valence-electron chi connectivity index (χ4n) is 2.58. The lowest BCUT2D eigenvalue weighted by Crippen LogP contribution is -2.45. The second-order valence-electron chi connectivity index (χ2n) is 5.30. The molecule has 3 N–H and O–H groups in total. The number of nitrogens with zero attached hydrogens (tertiary/aromatic N) is 3. The van der Waals surface area contributed by atoms with Crippen molar-refractivity contribution in [2.24, 2.45) is 10.9 Å². The van der Waals surface area contributed by atoms with Crippen molar-refractivity contribution in [1.29, 1.82) is 0 Å². The summed E-state index contributed by atoms with van der Waals surface area (Å²) in [5.74, 6) is 0.157. The number of amidine groups is 1. The molecule has 1 aliphatic heterocycles. The molecule has 1 saturated heterocycles. The molecule has 1 aromatic carbocycles. The third kappa shape index (κ3) is 3.95. The number of benzene rings is 1. The van der Waals surface area contributed by atoms with E-state index in [1.54, 1.807) is 0 Å². The first-order valence-electron chi connectivity index (χ1n) is 7.24. The maximum Gasteiger partial charge on any atom is 0.170 e. The van der Waals surface area contributed by atoms with Crippen molar-refractivity contribution in [2.75, 3.05) is 32.7 Å². The standard InChI is InChI=1S/C15H24N4O/c1-2-7-18-8-10-19(11-9-18)12-13-3-5-14(6-4-13)15(16)17-20/h3-6,20H,2,7-12H2,1H3,(H2,16,17). The van der Waals surface area contributed by atoms with Crippen molar-refractivity contribution in [3.05, 3.63) is 35.4 Å². The number of hydrogen-bond donors (Lipinski definition) is 2. The summed E-state index contributed by atoms with van der Waals surface area (Å²) in [7, 11) is 0. The topological polar surface area (TPSA) is 65.1 Å². The Morgan fingerprint density at radius 3 is 2.30 bits per heavy atom. The van der Waals surface area contributed by atoms with Crippen LogP contribution in [0.1, 0.15) is 24.5 Å². The van der Waals surface area contributed by atoms with Crippen LogP contribution in [0.2, 0.25) is 0 Å². The van der Waals surface area contributed by atoms with Gasteiger partial charge in [-0.15, -0.1) is 0 Å². The zero-order valence-corrected chi connectivity index (χ0v) is 12.1. The average molecular weight is 276 g/mol. The maximum atomic E-state index is 8.64. The molecule has 0 saturated carbocycles. The molecule has 1 aliphatic rings. The number of hydrogen-bond acceptors (Lipinski definition) is 4. The first-order chi connectivity index (χ1) is 9.72. The maximum absolute atomic E-state index is 8.64. The summed E-state index contributed by atoms with van der Waals surface area (Å²) >= 11 is 0. The van der Waals surface area contributed by atoms with E-state index in [4.69, 9.17) is 10.9 Å². The van der Waals surface area contributed by atoms with Gasteiger partial charge in [0, 0.05) is 38.3 Å². The second kappa shape index (κ2) is 7.26. The van der Waals surface area contributed by atoms with E-state index in [-0.39, 0.29) is 5.84 Å². The minimum Gasteiger partial charge on any atom is -0.409 e. The fourth-order valence-corrected chi connectivity index (χ4v) is 2.58. The molecule has 0 bridgehead atoms. The Morgan fingerprint density at radius 1 is 1.15 bits per heavy atom. The summed E-state index contributed by atoms with van der Waals surface area (Å²) in [6.07, 6.45) is 1.23. The van der Waals surface area contributed by atoms with Crippen LogP contribution in [-0.2, 0) is 6.54 Å². The summed E-state index contributed by atoms with van der Waals surface area (Å²) in [4.78, 5) is 5.00. The van der Waals surface area contributed by atoms with Crippen molar-refractivity contribution in [1.82, 2.24) is 9.80 Å². The van der Waals surface area contributed by atoms with Crippen LogP contribution in [0.15, 0.2) is 29.4 Å². The van der Waals surface area contributed by atoms with E-state index in [1.807, 2.05) is 24.3 Å². The van der Waals surface area contributed by atoms with Crippen LogP contribution in [0, 0.1) is 0 Å². The molecule has 1 fully saturated rings. The van der Waals surface area contributed by atoms with Crippen molar-refractivity contribution < 1.29 is 5.21 Å². The van der Waals surface area contributed by atoms with Crippen molar-refractivity contribution in [3.63, 3.8) is 0 Å². The lowest BCUT2D eigenvalue weighted by Gasteiger charge is -2.34. The van der Waals surface area contributed by atoms with Gasteiger partial charge in [0.15, 0.2) is 5.84 Å². The Bertz CT molecular complexity index is 436. The molecule has 110 valence electrons. The van der Waals surface area contributed by atoms with Gasteiger partial charge in [-0.3, -0.25) is 4.90 Å². The third-order valence-corrected chi connectivity index (χ3v) is 3.77. The first kappa shape index (κ1) is 14.8. The predicted molar refractivity (Wildman–Crippen MR) is 81.0 cm³/mol. The molecule has 0 spiro atoms. The largest absolute Gasteiger partial charge is 0.409 e. The molecule has 0 radical (unpaired) electrons. The Morgan fingerprint density at radius 2 is 1.75 bits per heavy atom. The molecular weight excluding hydrogens is 252 g/mol. The minimum absolute atomic E-state index is 0.157. The van der Waals surface area contributed by atoms with Gasteiger partial charge in [0.1, 0.15) is 0 Å². The van der Waals surface area contributed by atoms with Crippen LogP contribution in [0.5, 0.6) is 0 Å². The molecule has 1 aromatic rings. The van der Waals surface area contributed by atoms with E-state index in [9.17, 15) is 0 Å². The van der Waals surface area contributed by atoms with Gasteiger partial charge in [-0.05, 0) is 18.5 Å². The van der Waals surface area contributed by atoms with Gasteiger partial charge in [0.2, 0.25) is 0 Å². The molecule has 0 amide bonds. The Hall–Kier alpha value is -1.59. The number of rotatable bonds is 5. The van der Waals surface area contributed by atoms with Gasteiger partial charge in [0.05, 0.1) is 0 Å². The first-order valence-corrected chi connectivity index (χ1v) is 7.24. The molecule has 20 heavy (non-hydrogen) atoms. The lowest BCUT2D eigenvalue weighted by atomic mass is 10.1. The van der Waals surface area contributed by atoms with Gasteiger partial charge in [-0.2, -0.15) is 0 Å². The number of nitrogens with two attached hydrogens (primary N) is 1. The summed E-state index contributed by atoms with van der Waals surface area (Å²) in [6.45, 7) is 8.99. The van der Waals surface area contributed by atoms with Gasteiger partial charge in [-0.25, -0.2) is 0 Å². The molecule has 5 heteroatoms. The molecule has 0 aliphatic carbocycles. The zero-order chi connectivity index (χ0) is 14.4. The van der Waals surface area contributed by atoms with Gasteiger partial charge in [-0.1, -0.05) is 36.3 Å². The van der Waals surface area contributed by atoms with E-state index in [2.05, 4.69) is 21.9 Å². The molecule has 2 rings (SSSR count). The van der Waals surface area contributed by atoms with Crippen molar-refractivity contribution in [3.8, 4) is 0 Å². The number of piperazine rings is 1. The van der Waals surface area contributed by atoms with E-state index in [0.29, 0.717) is 0 Å².